The van der Waals surface area contributed by atoms with Gasteiger partial charge in [-0.25, -0.2) is 9.29 Å². The standard InChI is InChI=1S/C25H17FN2O2S/c26-19-12-10-17(11-13-19)15-27-16-18(21-8-4-5-9-22(21)27)14-23-24(29)28(25(30)31-23)20-6-2-1-3-7-20/h1-14,16H,15H2/b23-14+. The lowest BCUT2D eigenvalue weighted by Crippen LogP contribution is -2.27. The molecule has 3 aromatic carbocycles. The second kappa shape index (κ2) is 7.89. The number of carbonyl (C=O) groups excluding carboxylic acids is 2. The summed E-state index contributed by atoms with van der Waals surface area (Å²) in [4.78, 5) is 27.1. The first-order valence-electron chi connectivity index (χ1n) is 9.75. The van der Waals surface area contributed by atoms with Crippen molar-refractivity contribution in [3.05, 3.63) is 107 Å². The van der Waals surface area contributed by atoms with E-state index < -0.39 is 0 Å². The van der Waals surface area contributed by atoms with E-state index in [1.165, 1.54) is 17.0 Å². The lowest BCUT2D eigenvalue weighted by Gasteiger charge is -2.11. The molecule has 4 nitrogen and oxygen atoms in total. The summed E-state index contributed by atoms with van der Waals surface area (Å²) in [5, 5.41) is 0.675. The molecule has 1 aliphatic rings. The monoisotopic (exact) mass is 428 g/mol. The molecule has 0 saturated carbocycles. The predicted molar refractivity (Wildman–Crippen MR) is 122 cm³/mol. The molecular weight excluding hydrogens is 411 g/mol. The van der Waals surface area contributed by atoms with Crippen LogP contribution < -0.4 is 4.90 Å². The van der Waals surface area contributed by atoms with Gasteiger partial charge >= 0.3 is 0 Å². The van der Waals surface area contributed by atoms with Crippen LogP contribution in [0.1, 0.15) is 11.1 Å². The van der Waals surface area contributed by atoms with Gasteiger partial charge in [-0.3, -0.25) is 9.59 Å². The van der Waals surface area contributed by atoms with Crippen LogP contribution in [0.5, 0.6) is 0 Å². The Morgan fingerprint density at radius 1 is 0.871 bits per heavy atom. The molecule has 31 heavy (non-hydrogen) atoms. The van der Waals surface area contributed by atoms with Crippen molar-refractivity contribution < 1.29 is 14.0 Å². The Morgan fingerprint density at radius 3 is 2.35 bits per heavy atom. The lowest BCUT2D eigenvalue weighted by molar-refractivity contribution is -0.113. The van der Waals surface area contributed by atoms with Crippen LogP contribution in [0.25, 0.3) is 17.0 Å². The molecule has 1 aliphatic heterocycles. The number of benzene rings is 3. The van der Waals surface area contributed by atoms with Crippen LogP contribution in [-0.4, -0.2) is 15.7 Å². The van der Waals surface area contributed by atoms with Crippen molar-refractivity contribution in [3.63, 3.8) is 0 Å². The van der Waals surface area contributed by atoms with Gasteiger partial charge in [-0.2, -0.15) is 0 Å². The maximum absolute atomic E-state index is 13.3. The second-order valence-electron chi connectivity index (χ2n) is 7.21. The van der Waals surface area contributed by atoms with Gasteiger partial charge in [0.05, 0.1) is 10.6 Å². The minimum Gasteiger partial charge on any atom is -0.342 e. The van der Waals surface area contributed by atoms with Crippen molar-refractivity contribution >= 4 is 45.6 Å². The Kier molecular flexibility index (Phi) is 4.92. The highest BCUT2D eigenvalue weighted by Gasteiger charge is 2.36. The zero-order valence-corrected chi connectivity index (χ0v) is 17.2. The zero-order valence-electron chi connectivity index (χ0n) is 16.4. The zero-order chi connectivity index (χ0) is 21.4. The molecule has 4 aromatic rings. The minimum absolute atomic E-state index is 0.268. The number of para-hydroxylation sites is 2. The molecule has 1 saturated heterocycles. The first kappa shape index (κ1) is 19.3. The molecule has 1 aromatic heterocycles. The van der Waals surface area contributed by atoms with E-state index in [4.69, 9.17) is 0 Å². The highest BCUT2D eigenvalue weighted by Crippen LogP contribution is 2.36. The maximum Gasteiger partial charge on any atom is 0.298 e. The van der Waals surface area contributed by atoms with Gasteiger partial charge in [-0.05, 0) is 53.7 Å². The number of amides is 2. The Hall–Kier alpha value is -3.64. The van der Waals surface area contributed by atoms with E-state index in [-0.39, 0.29) is 17.0 Å². The van der Waals surface area contributed by atoms with Crippen LogP contribution in [0, 0.1) is 5.82 Å². The molecule has 5 rings (SSSR count). The normalized spacial score (nSPS) is 15.4. The summed E-state index contributed by atoms with van der Waals surface area (Å²) in [6, 6.07) is 23.2. The van der Waals surface area contributed by atoms with Crippen LogP contribution >= 0.6 is 11.8 Å². The number of aromatic nitrogens is 1. The van der Waals surface area contributed by atoms with Crippen LogP contribution in [0.3, 0.4) is 0 Å². The lowest BCUT2D eigenvalue weighted by atomic mass is 10.1. The number of carbonyl (C=O) groups is 2. The summed E-state index contributed by atoms with van der Waals surface area (Å²) in [7, 11) is 0. The summed E-state index contributed by atoms with van der Waals surface area (Å²) in [5.74, 6) is -0.590. The number of imide groups is 1. The van der Waals surface area contributed by atoms with E-state index in [2.05, 4.69) is 4.57 Å². The molecule has 0 atom stereocenters. The third kappa shape index (κ3) is 3.66. The Morgan fingerprint density at radius 2 is 1.58 bits per heavy atom. The quantitative estimate of drug-likeness (QED) is 0.371. The van der Waals surface area contributed by atoms with Gasteiger partial charge in [0.1, 0.15) is 5.82 Å². The third-order valence-electron chi connectivity index (χ3n) is 5.18. The van der Waals surface area contributed by atoms with Crippen molar-refractivity contribution in [3.8, 4) is 0 Å². The Labute approximate surface area is 182 Å². The summed E-state index contributed by atoms with van der Waals surface area (Å²) in [5.41, 5.74) is 3.39. The van der Waals surface area contributed by atoms with E-state index in [0.29, 0.717) is 17.1 Å². The van der Waals surface area contributed by atoms with Gasteiger partial charge in [-0.1, -0.05) is 48.5 Å². The highest BCUT2D eigenvalue weighted by molar-refractivity contribution is 8.19. The van der Waals surface area contributed by atoms with Crippen molar-refractivity contribution in [2.75, 3.05) is 4.90 Å². The summed E-state index contributed by atoms with van der Waals surface area (Å²) in [6.07, 6.45) is 3.74. The van der Waals surface area contributed by atoms with Crippen LogP contribution in [0.4, 0.5) is 14.9 Å². The fraction of sp³-hybridized carbons (Fsp3) is 0.0400. The number of thioether (sulfide) groups is 1. The fourth-order valence-corrected chi connectivity index (χ4v) is 4.55. The number of anilines is 1. The minimum atomic E-state index is -0.323. The van der Waals surface area contributed by atoms with Gasteiger partial charge in [0.15, 0.2) is 0 Å². The average molecular weight is 428 g/mol. The van der Waals surface area contributed by atoms with Crippen molar-refractivity contribution in [2.45, 2.75) is 6.54 Å². The van der Waals surface area contributed by atoms with Crippen molar-refractivity contribution in [1.82, 2.24) is 4.57 Å². The van der Waals surface area contributed by atoms with Crippen LogP contribution in [0.2, 0.25) is 0 Å². The van der Waals surface area contributed by atoms with Gasteiger partial charge < -0.3 is 4.57 Å². The number of hydrogen-bond donors (Lipinski definition) is 0. The largest absolute Gasteiger partial charge is 0.342 e. The van der Waals surface area contributed by atoms with E-state index in [1.54, 1.807) is 42.5 Å². The molecule has 6 heteroatoms. The van der Waals surface area contributed by atoms with E-state index in [1.807, 2.05) is 36.5 Å². The van der Waals surface area contributed by atoms with E-state index in [0.717, 1.165) is 33.8 Å². The molecule has 0 bridgehead atoms. The summed E-state index contributed by atoms with van der Waals surface area (Å²) < 4.78 is 15.3. The Balaban J connectivity index is 1.52. The molecular formula is C25H17FN2O2S. The molecule has 0 spiro atoms. The summed E-state index contributed by atoms with van der Waals surface area (Å²) >= 11 is 0.942. The van der Waals surface area contributed by atoms with Crippen LogP contribution in [-0.2, 0) is 11.3 Å². The third-order valence-corrected chi connectivity index (χ3v) is 6.05. The van der Waals surface area contributed by atoms with Gasteiger partial charge in [0.2, 0.25) is 0 Å². The molecule has 2 heterocycles. The molecule has 1 fully saturated rings. The number of rotatable bonds is 4. The smallest absolute Gasteiger partial charge is 0.298 e. The first-order valence-corrected chi connectivity index (χ1v) is 10.6. The molecule has 0 unspecified atom stereocenters. The van der Waals surface area contributed by atoms with Crippen molar-refractivity contribution in [2.24, 2.45) is 0 Å². The predicted octanol–water partition coefficient (Wildman–Crippen LogP) is 6.07. The maximum atomic E-state index is 13.3. The molecule has 2 amide bonds. The van der Waals surface area contributed by atoms with E-state index >= 15 is 0 Å². The van der Waals surface area contributed by atoms with Gasteiger partial charge in [0, 0.05) is 29.2 Å². The SMILES string of the molecule is O=C1S/C(=C/c2cn(Cc3ccc(F)cc3)c3ccccc23)C(=O)N1c1ccccc1. The number of hydrogen-bond acceptors (Lipinski definition) is 3. The van der Waals surface area contributed by atoms with Gasteiger partial charge in [0.25, 0.3) is 11.1 Å². The van der Waals surface area contributed by atoms with Crippen LogP contribution in [0.15, 0.2) is 90.0 Å². The molecule has 152 valence electrons. The van der Waals surface area contributed by atoms with E-state index in [9.17, 15) is 14.0 Å². The molecule has 0 N–H and O–H groups in total. The molecule has 0 radical (unpaired) electrons. The topological polar surface area (TPSA) is 42.3 Å². The Bertz CT molecular complexity index is 1330. The second-order valence-corrected chi connectivity index (χ2v) is 8.20. The highest BCUT2D eigenvalue weighted by atomic mass is 32.2. The molecule has 0 aliphatic carbocycles. The fourth-order valence-electron chi connectivity index (χ4n) is 3.72. The number of halogens is 1. The first-order chi connectivity index (χ1) is 15.1. The summed E-state index contributed by atoms with van der Waals surface area (Å²) in [6.45, 7) is 0.570. The van der Waals surface area contributed by atoms with Crippen molar-refractivity contribution in [1.29, 1.82) is 0 Å². The number of fused-ring (bicyclic) bond motifs is 1. The number of nitrogens with zero attached hydrogens (tertiary/aromatic N) is 2. The van der Waals surface area contributed by atoms with Gasteiger partial charge in [-0.15, -0.1) is 0 Å². The average Bonchev–Trinajstić information content (AvgIpc) is 3.27.